The molecule has 0 aromatic carbocycles. The third-order valence-electron chi connectivity index (χ3n) is 1.97. The van der Waals surface area contributed by atoms with Crippen LogP contribution in [0.2, 0.25) is 0 Å². The van der Waals surface area contributed by atoms with Crippen molar-refractivity contribution in [1.29, 1.82) is 0 Å². The molecule has 4 atom stereocenters. The summed E-state index contributed by atoms with van der Waals surface area (Å²) in [5.74, 6) is -0.727. The van der Waals surface area contributed by atoms with E-state index in [1.165, 1.54) is 0 Å². The van der Waals surface area contributed by atoms with Crippen LogP contribution in [-0.4, -0.2) is 58.9 Å². The number of hydrogen-bond donors (Lipinski definition) is 3. The molecule has 0 bridgehead atoms. The van der Waals surface area contributed by atoms with Gasteiger partial charge in [-0.05, 0) is 6.92 Å². The highest BCUT2D eigenvalue weighted by molar-refractivity contribution is 5.87. The van der Waals surface area contributed by atoms with Gasteiger partial charge in [-0.15, -0.1) is 0 Å². The predicted molar refractivity (Wildman–Crippen MR) is 44.4 cm³/mol. The third kappa shape index (κ3) is 2.49. The van der Waals surface area contributed by atoms with Gasteiger partial charge in [-0.2, -0.15) is 0 Å². The van der Waals surface area contributed by atoms with Crippen LogP contribution in [-0.2, 0) is 14.3 Å². The quantitative estimate of drug-likeness (QED) is 0.495. The Morgan fingerprint density at radius 1 is 1.64 bits per heavy atom. The van der Waals surface area contributed by atoms with Crippen LogP contribution in [0.25, 0.3) is 0 Å². The normalized spacial score (nSPS) is 35.3. The molecule has 1 saturated heterocycles. The second-order valence-corrected chi connectivity index (χ2v) is 3.13. The Balaban J connectivity index is 2.60. The largest absolute Gasteiger partial charge is 0.393 e. The smallest absolute Gasteiger partial charge is 0.195 e. The van der Waals surface area contributed by atoms with Gasteiger partial charge in [-0.25, -0.2) is 0 Å². The van der Waals surface area contributed by atoms with Crippen molar-refractivity contribution in [1.82, 2.24) is 0 Å². The van der Waals surface area contributed by atoms with E-state index in [0.717, 1.165) is 0 Å². The molecule has 0 aromatic rings. The van der Waals surface area contributed by atoms with Gasteiger partial charge in [-0.1, -0.05) is 0 Å². The molecule has 6 heteroatoms. The highest BCUT2D eigenvalue weighted by atomic mass is 16.7. The van der Waals surface area contributed by atoms with Crippen molar-refractivity contribution in [3.8, 4) is 0 Å². The molecule has 0 spiro atoms. The van der Waals surface area contributed by atoms with Gasteiger partial charge >= 0.3 is 0 Å². The van der Waals surface area contributed by atoms with Crippen LogP contribution < -0.4 is 0 Å². The predicted octanol–water partition coefficient (Wildman–Crippen LogP) is -1.97. The average Bonchev–Trinajstić information content (AvgIpc) is 2.19. The van der Waals surface area contributed by atoms with Crippen molar-refractivity contribution < 1.29 is 29.6 Å². The molecule has 14 heavy (non-hydrogen) atoms. The van der Waals surface area contributed by atoms with Crippen LogP contribution in [0.4, 0.5) is 0 Å². The lowest BCUT2D eigenvalue weighted by Gasteiger charge is -2.31. The van der Waals surface area contributed by atoms with Gasteiger partial charge in [-0.3, -0.25) is 4.79 Å². The number of rotatable bonds is 3. The number of hydrogen-bond acceptors (Lipinski definition) is 6. The Bertz CT molecular complexity index is 206. The number of ketones is 1. The van der Waals surface area contributed by atoms with Gasteiger partial charge in [0.05, 0.1) is 13.2 Å². The third-order valence-corrected chi connectivity index (χ3v) is 1.97. The summed E-state index contributed by atoms with van der Waals surface area (Å²) in [6.45, 7) is 0.883. The number of carbonyl (C=O) groups excluding carboxylic acids is 1. The van der Waals surface area contributed by atoms with E-state index < -0.39 is 37.0 Å². The summed E-state index contributed by atoms with van der Waals surface area (Å²) in [5.41, 5.74) is 0. The first-order valence-corrected chi connectivity index (χ1v) is 4.34. The topological polar surface area (TPSA) is 96.2 Å². The van der Waals surface area contributed by atoms with Crippen LogP contribution in [0, 0.1) is 0 Å². The molecular weight excluding hydrogens is 192 g/mol. The second-order valence-electron chi connectivity index (χ2n) is 3.13. The highest BCUT2D eigenvalue weighted by Crippen LogP contribution is 2.14. The zero-order chi connectivity index (χ0) is 10.7. The molecule has 0 radical (unpaired) electrons. The fraction of sp³-hybridized carbons (Fsp3) is 0.875. The van der Waals surface area contributed by atoms with Crippen molar-refractivity contribution >= 4 is 5.78 Å². The van der Waals surface area contributed by atoms with E-state index in [2.05, 4.69) is 0 Å². The first-order valence-electron chi connectivity index (χ1n) is 4.34. The SMILES string of the molecule is CC1OC[C@@H](O)[C@H](C(=O)[C@@H](O)CO)O1. The van der Waals surface area contributed by atoms with Crippen molar-refractivity contribution in [3.05, 3.63) is 0 Å². The lowest BCUT2D eigenvalue weighted by atomic mass is 10.0. The van der Waals surface area contributed by atoms with Gasteiger partial charge in [0, 0.05) is 0 Å². The number of aliphatic hydroxyl groups excluding tert-OH is 3. The standard InChI is InChI=1S/C8H14O6/c1-4-13-3-6(11)8(14-4)7(12)5(10)2-9/h4-6,8-11H,2-3H2,1H3/t4?,5-,6+,8+/m0/s1. The highest BCUT2D eigenvalue weighted by Gasteiger charge is 2.36. The van der Waals surface area contributed by atoms with Crippen LogP contribution in [0.1, 0.15) is 6.92 Å². The summed E-state index contributed by atoms with van der Waals surface area (Å²) < 4.78 is 9.91. The summed E-state index contributed by atoms with van der Waals surface area (Å²) in [6.07, 6.45) is -4.33. The molecule has 3 N–H and O–H groups in total. The molecular formula is C8H14O6. The molecule has 0 amide bonds. The molecule has 0 aliphatic carbocycles. The van der Waals surface area contributed by atoms with Crippen LogP contribution in [0.5, 0.6) is 0 Å². The Hall–Kier alpha value is -0.530. The van der Waals surface area contributed by atoms with E-state index in [4.69, 9.17) is 19.7 Å². The molecule has 82 valence electrons. The Kier molecular flexibility index (Phi) is 3.97. The van der Waals surface area contributed by atoms with E-state index in [-0.39, 0.29) is 6.61 Å². The van der Waals surface area contributed by atoms with Crippen molar-refractivity contribution in [2.24, 2.45) is 0 Å². The van der Waals surface area contributed by atoms with Crippen molar-refractivity contribution in [2.75, 3.05) is 13.2 Å². The lowest BCUT2D eigenvalue weighted by Crippen LogP contribution is -2.51. The summed E-state index contributed by atoms with van der Waals surface area (Å²) in [4.78, 5) is 11.3. The van der Waals surface area contributed by atoms with Gasteiger partial charge in [0.2, 0.25) is 0 Å². The fourth-order valence-corrected chi connectivity index (χ4v) is 1.19. The van der Waals surface area contributed by atoms with Crippen molar-refractivity contribution in [2.45, 2.75) is 31.5 Å². The van der Waals surface area contributed by atoms with E-state index in [1.54, 1.807) is 6.92 Å². The molecule has 1 aliphatic rings. The van der Waals surface area contributed by atoms with Crippen LogP contribution in [0.15, 0.2) is 0 Å². The minimum absolute atomic E-state index is 0.0181. The van der Waals surface area contributed by atoms with E-state index in [1.807, 2.05) is 0 Å². The summed E-state index contributed by atoms with van der Waals surface area (Å²) >= 11 is 0. The van der Waals surface area contributed by atoms with Gasteiger partial charge in [0.15, 0.2) is 12.1 Å². The minimum atomic E-state index is -1.51. The number of ether oxygens (including phenoxy) is 2. The maximum atomic E-state index is 11.3. The number of aliphatic hydroxyl groups is 3. The number of Topliss-reactive ketones (excluding diaryl/α,β-unsaturated/α-hetero) is 1. The lowest BCUT2D eigenvalue weighted by molar-refractivity contribution is -0.241. The average molecular weight is 206 g/mol. The van der Waals surface area contributed by atoms with Gasteiger partial charge in [0.1, 0.15) is 18.3 Å². The molecule has 1 rings (SSSR count). The van der Waals surface area contributed by atoms with Crippen LogP contribution in [0.3, 0.4) is 0 Å². The first kappa shape index (κ1) is 11.5. The van der Waals surface area contributed by atoms with E-state index >= 15 is 0 Å². The summed E-state index contributed by atoms with van der Waals surface area (Å²) in [7, 11) is 0. The van der Waals surface area contributed by atoms with Gasteiger partial charge < -0.3 is 24.8 Å². The number of carbonyl (C=O) groups is 1. The molecule has 1 fully saturated rings. The monoisotopic (exact) mass is 206 g/mol. The molecule has 1 aliphatic heterocycles. The zero-order valence-electron chi connectivity index (χ0n) is 7.79. The maximum absolute atomic E-state index is 11.3. The molecule has 1 unspecified atom stereocenters. The fourth-order valence-electron chi connectivity index (χ4n) is 1.19. The van der Waals surface area contributed by atoms with Crippen molar-refractivity contribution in [3.63, 3.8) is 0 Å². The summed E-state index contributed by atoms with van der Waals surface area (Å²) in [6, 6.07) is 0. The Morgan fingerprint density at radius 3 is 2.86 bits per heavy atom. The maximum Gasteiger partial charge on any atom is 0.195 e. The van der Waals surface area contributed by atoms with E-state index in [0.29, 0.717) is 0 Å². The minimum Gasteiger partial charge on any atom is -0.393 e. The second kappa shape index (κ2) is 4.81. The van der Waals surface area contributed by atoms with Gasteiger partial charge in [0.25, 0.3) is 0 Å². The Morgan fingerprint density at radius 2 is 2.29 bits per heavy atom. The molecule has 0 aromatic heterocycles. The Labute approximate surface area is 81.1 Å². The zero-order valence-corrected chi connectivity index (χ0v) is 7.79. The first-order chi connectivity index (χ1) is 6.56. The van der Waals surface area contributed by atoms with E-state index in [9.17, 15) is 9.90 Å². The molecule has 0 saturated carbocycles. The molecule has 6 nitrogen and oxygen atoms in total. The van der Waals surface area contributed by atoms with Crippen LogP contribution >= 0.6 is 0 Å². The molecule has 1 heterocycles. The summed E-state index contributed by atoms with van der Waals surface area (Å²) in [5, 5.41) is 26.9.